The standard InChI is InChI=1S/C56H37N3/c1-5-17-38(18-6-1)39-29-33-42(34-30-39)54-57-53(41-19-7-2-8-20-41)58-55(59-54)43-35-31-40(32-36-43)51-47-26-14-13-21-44(47)37-50-52(51)48-27-15-16-28-49(48)56(50,45-22-9-3-10-23-45)46-24-11-4-12-25-46/h1-37H. The third kappa shape index (κ3) is 5.78. The zero-order valence-corrected chi connectivity index (χ0v) is 32.2. The summed E-state index contributed by atoms with van der Waals surface area (Å²) in [6, 6.07) is 80.1. The molecule has 1 heterocycles. The van der Waals surface area contributed by atoms with E-state index in [9.17, 15) is 0 Å². The van der Waals surface area contributed by atoms with E-state index < -0.39 is 5.41 Å². The van der Waals surface area contributed by atoms with Crippen LogP contribution < -0.4 is 0 Å². The van der Waals surface area contributed by atoms with Gasteiger partial charge in [0.1, 0.15) is 0 Å². The SMILES string of the molecule is c1ccc(-c2ccc(-c3nc(-c4ccccc4)nc(-c4ccc(-c5c6c(cc7ccccc57)C(c5ccccc5)(c5ccccc5)c5ccccc5-6)cc4)n3)cc2)cc1. The van der Waals surface area contributed by atoms with Crippen molar-refractivity contribution in [2.75, 3.05) is 0 Å². The topological polar surface area (TPSA) is 38.7 Å². The summed E-state index contributed by atoms with van der Waals surface area (Å²) >= 11 is 0. The molecule has 0 unspecified atom stereocenters. The van der Waals surface area contributed by atoms with Gasteiger partial charge in [-0.2, -0.15) is 0 Å². The molecule has 3 heteroatoms. The van der Waals surface area contributed by atoms with Crippen LogP contribution in [-0.2, 0) is 5.41 Å². The summed E-state index contributed by atoms with van der Waals surface area (Å²) in [7, 11) is 0. The highest BCUT2D eigenvalue weighted by Crippen LogP contribution is 2.59. The molecule has 0 spiro atoms. The van der Waals surface area contributed by atoms with Crippen LogP contribution in [0.15, 0.2) is 224 Å². The van der Waals surface area contributed by atoms with E-state index in [-0.39, 0.29) is 0 Å². The Bertz CT molecular complexity index is 3070. The minimum Gasteiger partial charge on any atom is -0.208 e. The summed E-state index contributed by atoms with van der Waals surface area (Å²) < 4.78 is 0. The number of nitrogens with zero attached hydrogens (tertiary/aromatic N) is 3. The molecule has 0 saturated heterocycles. The summed E-state index contributed by atoms with van der Waals surface area (Å²) in [5.41, 5.74) is 14.6. The summed E-state index contributed by atoms with van der Waals surface area (Å²) in [6.07, 6.45) is 0. The van der Waals surface area contributed by atoms with Crippen LogP contribution >= 0.6 is 0 Å². The Kier molecular flexibility index (Phi) is 8.37. The van der Waals surface area contributed by atoms with E-state index in [1.54, 1.807) is 0 Å². The second kappa shape index (κ2) is 14.3. The van der Waals surface area contributed by atoms with E-state index in [0.29, 0.717) is 17.5 Å². The Morgan fingerprint density at radius 3 is 1.27 bits per heavy atom. The molecule has 1 aliphatic carbocycles. The van der Waals surface area contributed by atoms with Crippen LogP contribution in [0.25, 0.3) is 78.3 Å². The number of aromatic nitrogens is 3. The minimum absolute atomic E-state index is 0.498. The fourth-order valence-electron chi connectivity index (χ4n) is 9.14. The second-order valence-electron chi connectivity index (χ2n) is 15.1. The van der Waals surface area contributed by atoms with Crippen molar-refractivity contribution in [2.24, 2.45) is 0 Å². The maximum absolute atomic E-state index is 5.11. The van der Waals surface area contributed by atoms with Gasteiger partial charge in [0.2, 0.25) is 0 Å². The lowest BCUT2D eigenvalue weighted by Crippen LogP contribution is -2.28. The average Bonchev–Trinajstić information content (AvgIpc) is 3.62. The molecule has 0 fully saturated rings. The second-order valence-corrected chi connectivity index (χ2v) is 15.1. The van der Waals surface area contributed by atoms with Crippen molar-refractivity contribution < 1.29 is 0 Å². The molecule has 3 nitrogen and oxygen atoms in total. The van der Waals surface area contributed by atoms with E-state index in [0.717, 1.165) is 27.8 Å². The van der Waals surface area contributed by atoms with Gasteiger partial charge in [0, 0.05) is 16.7 Å². The van der Waals surface area contributed by atoms with Gasteiger partial charge in [-0.1, -0.05) is 218 Å². The van der Waals surface area contributed by atoms with Gasteiger partial charge < -0.3 is 0 Å². The van der Waals surface area contributed by atoms with Crippen LogP contribution in [0.5, 0.6) is 0 Å². The first-order chi connectivity index (χ1) is 29.3. The zero-order chi connectivity index (χ0) is 39.2. The zero-order valence-electron chi connectivity index (χ0n) is 32.2. The predicted molar refractivity (Wildman–Crippen MR) is 242 cm³/mol. The van der Waals surface area contributed by atoms with E-state index >= 15 is 0 Å². The van der Waals surface area contributed by atoms with Crippen molar-refractivity contribution in [3.63, 3.8) is 0 Å². The lowest BCUT2D eigenvalue weighted by molar-refractivity contribution is 0.769. The van der Waals surface area contributed by atoms with E-state index in [1.807, 2.05) is 36.4 Å². The largest absolute Gasteiger partial charge is 0.208 e. The molecular weight excluding hydrogens is 715 g/mol. The fourth-order valence-corrected chi connectivity index (χ4v) is 9.14. The molecule has 0 atom stereocenters. The van der Waals surface area contributed by atoms with Gasteiger partial charge in [0.25, 0.3) is 0 Å². The first kappa shape index (κ1) is 34.5. The van der Waals surface area contributed by atoms with Gasteiger partial charge in [0.05, 0.1) is 5.41 Å². The Morgan fingerprint density at radius 1 is 0.288 bits per heavy atom. The van der Waals surface area contributed by atoms with Crippen molar-refractivity contribution in [1.82, 2.24) is 15.0 Å². The normalized spacial score (nSPS) is 12.5. The molecule has 0 N–H and O–H groups in total. The summed E-state index contributed by atoms with van der Waals surface area (Å²) in [6.45, 7) is 0. The van der Waals surface area contributed by atoms with Gasteiger partial charge >= 0.3 is 0 Å². The summed E-state index contributed by atoms with van der Waals surface area (Å²) in [5.74, 6) is 1.91. The first-order valence-electron chi connectivity index (χ1n) is 20.1. The third-order valence-electron chi connectivity index (χ3n) is 11.8. The number of fused-ring (bicyclic) bond motifs is 4. The van der Waals surface area contributed by atoms with Crippen molar-refractivity contribution in [1.29, 1.82) is 0 Å². The van der Waals surface area contributed by atoms with Gasteiger partial charge in [-0.05, 0) is 72.5 Å². The van der Waals surface area contributed by atoms with Crippen LogP contribution in [0.3, 0.4) is 0 Å². The highest BCUT2D eigenvalue weighted by Gasteiger charge is 2.47. The number of hydrogen-bond donors (Lipinski definition) is 0. The molecular formula is C56H37N3. The Labute approximate surface area is 344 Å². The van der Waals surface area contributed by atoms with Crippen molar-refractivity contribution in [2.45, 2.75) is 5.41 Å². The summed E-state index contributed by atoms with van der Waals surface area (Å²) in [4.78, 5) is 15.2. The molecule has 9 aromatic carbocycles. The molecule has 1 aliphatic rings. The van der Waals surface area contributed by atoms with Crippen LogP contribution in [0.2, 0.25) is 0 Å². The number of hydrogen-bond acceptors (Lipinski definition) is 3. The lowest BCUT2D eigenvalue weighted by Gasteiger charge is -2.34. The van der Waals surface area contributed by atoms with Crippen LogP contribution in [0.1, 0.15) is 22.3 Å². The Hall–Kier alpha value is -7.75. The van der Waals surface area contributed by atoms with Crippen molar-refractivity contribution in [3.05, 3.63) is 247 Å². The minimum atomic E-state index is -0.498. The molecule has 0 bridgehead atoms. The number of benzene rings is 9. The maximum atomic E-state index is 5.11. The van der Waals surface area contributed by atoms with Crippen LogP contribution in [0.4, 0.5) is 0 Å². The quantitative estimate of drug-likeness (QED) is 0.163. The molecule has 0 saturated carbocycles. The Morgan fingerprint density at radius 2 is 0.695 bits per heavy atom. The molecule has 1 aromatic heterocycles. The smallest absolute Gasteiger partial charge is 0.164 e. The molecule has 10 aromatic rings. The van der Waals surface area contributed by atoms with Gasteiger partial charge in [0.15, 0.2) is 17.5 Å². The van der Waals surface area contributed by atoms with Crippen molar-refractivity contribution >= 4 is 10.8 Å². The molecule has 0 amide bonds. The molecule has 0 aliphatic heterocycles. The molecule has 276 valence electrons. The highest BCUT2D eigenvalue weighted by molar-refractivity contribution is 6.09. The predicted octanol–water partition coefficient (Wildman–Crippen LogP) is 13.7. The average molecular weight is 752 g/mol. The van der Waals surface area contributed by atoms with Crippen molar-refractivity contribution in [3.8, 4) is 67.5 Å². The van der Waals surface area contributed by atoms with E-state index in [4.69, 9.17) is 15.0 Å². The maximum Gasteiger partial charge on any atom is 0.164 e. The van der Waals surface area contributed by atoms with Crippen LogP contribution in [0, 0.1) is 0 Å². The molecule has 0 radical (unpaired) electrons. The monoisotopic (exact) mass is 751 g/mol. The highest BCUT2D eigenvalue weighted by atomic mass is 15.0. The molecule has 59 heavy (non-hydrogen) atoms. The Balaban J connectivity index is 1.09. The van der Waals surface area contributed by atoms with E-state index in [1.165, 1.54) is 55.3 Å². The fraction of sp³-hybridized carbons (Fsp3) is 0.0179. The van der Waals surface area contributed by atoms with Gasteiger partial charge in [-0.25, -0.2) is 15.0 Å². The van der Waals surface area contributed by atoms with E-state index in [2.05, 4.69) is 188 Å². The van der Waals surface area contributed by atoms with Gasteiger partial charge in [-0.3, -0.25) is 0 Å². The number of rotatable bonds is 7. The molecule has 11 rings (SSSR count). The third-order valence-corrected chi connectivity index (χ3v) is 11.8. The lowest BCUT2D eigenvalue weighted by atomic mass is 9.67. The van der Waals surface area contributed by atoms with Crippen LogP contribution in [-0.4, -0.2) is 15.0 Å². The van der Waals surface area contributed by atoms with Gasteiger partial charge in [-0.15, -0.1) is 0 Å². The summed E-state index contributed by atoms with van der Waals surface area (Å²) in [5, 5.41) is 2.43. The first-order valence-corrected chi connectivity index (χ1v) is 20.1.